The molecule has 10 heteroatoms. The smallest absolute Gasteiger partial charge is 0.410 e. The van der Waals surface area contributed by atoms with E-state index in [0.717, 1.165) is 44.3 Å². The molecule has 0 saturated carbocycles. The minimum atomic E-state index is -0.574. The number of amides is 1. The fourth-order valence-corrected chi connectivity index (χ4v) is 4.71. The number of hydrogen-bond donors (Lipinski definition) is 1. The van der Waals surface area contributed by atoms with Crippen LogP contribution in [0.4, 0.5) is 4.79 Å². The van der Waals surface area contributed by atoms with Gasteiger partial charge in [0.05, 0.1) is 34.5 Å². The van der Waals surface area contributed by atoms with Crippen LogP contribution in [0.3, 0.4) is 0 Å². The van der Waals surface area contributed by atoms with Crippen molar-refractivity contribution < 1.29 is 9.53 Å². The molecule has 38 heavy (non-hydrogen) atoms. The van der Waals surface area contributed by atoms with Gasteiger partial charge < -0.3 is 15.4 Å². The zero-order valence-electron chi connectivity index (χ0n) is 22.2. The topological polar surface area (TPSA) is 121 Å². The van der Waals surface area contributed by atoms with Crippen LogP contribution in [0.5, 0.6) is 0 Å². The predicted octanol–water partition coefficient (Wildman–Crippen LogP) is 3.74. The molecule has 0 aliphatic carbocycles. The molecule has 1 amide bonds. The summed E-state index contributed by atoms with van der Waals surface area (Å²) in [6.07, 6.45) is 6.29. The molecule has 0 atom stereocenters. The summed E-state index contributed by atoms with van der Waals surface area (Å²) in [4.78, 5) is 40.6. The van der Waals surface area contributed by atoms with Crippen LogP contribution < -0.4 is 11.4 Å². The molecule has 196 valence electrons. The van der Waals surface area contributed by atoms with E-state index in [0.29, 0.717) is 13.1 Å². The third-order valence-electron chi connectivity index (χ3n) is 6.63. The maximum Gasteiger partial charge on any atom is 0.410 e. The lowest BCUT2D eigenvalue weighted by molar-refractivity contribution is 0.00112. The molecule has 5 rings (SSSR count). The summed E-state index contributed by atoms with van der Waals surface area (Å²) in [5.74, 6) is 0. The summed E-state index contributed by atoms with van der Waals surface area (Å²) in [7, 11) is 3.43. The summed E-state index contributed by atoms with van der Waals surface area (Å²) in [5, 5.41) is 0.859. The Balaban J connectivity index is 1.54. The Labute approximate surface area is 220 Å². The van der Waals surface area contributed by atoms with E-state index in [1.807, 2.05) is 51.1 Å². The summed E-state index contributed by atoms with van der Waals surface area (Å²) < 4.78 is 8.88. The van der Waals surface area contributed by atoms with E-state index in [-0.39, 0.29) is 17.8 Å². The van der Waals surface area contributed by atoms with Gasteiger partial charge in [-0.2, -0.15) is 0 Å². The van der Waals surface area contributed by atoms with E-state index in [1.165, 1.54) is 6.20 Å². The van der Waals surface area contributed by atoms with E-state index >= 15 is 0 Å². The fraction of sp³-hybridized carbons (Fsp3) is 0.321. The zero-order valence-corrected chi connectivity index (χ0v) is 22.2. The minimum absolute atomic E-state index is 0.141. The third-order valence-corrected chi connectivity index (χ3v) is 6.63. The number of allylic oxidation sites excluding steroid dienone is 1. The third kappa shape index (κ3) is 4.42. The Kier molecular flexibility index (Phi) is 6.26. The first-order chi connectivity index (χ1) is 18.1. The molecule has 0 radical (unpaired) electrons. The lowest BCUT2D eigenvalue weighted by Crippen LogP contribution is -2.53. The zero-order chi connectivity index (χ0) is 27.2. The van der Waals surface area contributed by atoms with Gasteiger partial charge in [0.2, 0.25) is 0 Å². The van der Waals surface area contributed by atoms with Gasteiger partial charge in [-0.05, 0) is 44.5 Å². The lowest BCUT2D eigenvalue weighted by Gasteiger charge is -2.40. The van der Waals surface area contributed by atoms with E-state index in [2.05, 4.69) is 15.0 Å². The fourth-order valence-electron chi connectivity index (χ4n) is 4.71. The van der Waals surface area contributed by atoms with Gasteiger partial charge in [-0.15, -0.1) is 0 Å². The number of aliphatic imine (C=N–C) groups is 1. The molecular weight excluding hydrogens is 482 g/mol. The number of aryl methyl sites for hydroxylation is 1. The highest BCUT2D eigenvalue weighted by molar-refractivity contribution is 6.09. The van der Waals surface area contributed by atoms with Crippen LogP contribution in [0.2, 0.25) is 0 Å². The molecule has 4 aromatic rings. The van der Waals surface area contributed by atoms with Gasteiger partial charge in [0.15, 0.2) is 0 Å². The van der Waals surface area contributed by atoms with Crippen molar-refractivity contribution in [2.24, 2.45) is 17.8 Å². The molecule has 1 aliphatic rings. The number of benzene rings is 1. The predicted molar refractivity (Wildman–Crippen MR) is 149 cm³/mol. The first kappa shape index (κ1) is 25.2. The van der Waals surface area contributed by atoms with Crippen molar-refractivity contribution in [2.75, 3.05) is 20.1 Å². The Hall–Kier alpha value is -4.47. The first-order valence-corrected chi connectivity index (χ1v) is 12.4. The van der Waals surface area contributed by atoms with Crippen molar-refractivity contribution in [2.45, 2.75) is 32.4 Å². The van der Waals surface area contributed by atoms with Crippen LogP contribution in [0.1, 0.15) is 32.5 Å². The number of aromatic nitrogens is 4. The van der Waals surface area contributed by atoms with Crippen LogP contribution in [-0.4, -0.2) is 62.0 Å². The second kappa shape index (κ2) is 9.44. The average Bonchev–Trinajstić information content (AvgIpc) is 3.11. The molecule has 1 aromatic carbocycles. The Morgan fingerprint density at radius 2 is 1.87 bits per heavy atom. The highest BCUT2D eigenvalue weighted by atomic mass is 16.6. The first-order valence-electron chi connectivity index (χ1n) is 12.4. The standard InChI is InChI=1S/C28H31N7O3/c1-28(2,3)38-27(37)34-15-20(16-34)35-25-21-10-17(6-9-23(21)32-14-24(25)33(5)26(35)36)18-7-8-22(31-13-18)19(11-29)12-30-4/h6-14,20H,15-16,29H2,1-5H3. The van der Waals surface area contributed by atoms with E-state index < -0.39 is 5.60 Å². The Morgan fingerprint density at radius 3 is 2.50 bits per heavy atom. The van der Waals surface area contributed by atoms with E-state index in [9.17, 15) is 9.59 Å². The molecule has 0 spiro atoms. The van der Waals surface area contributed by atoms with Crippen molar-refractivity contribution in [3.63, 3.8) is 0 Å². The summed E-state index contributed by atoms with van der Waals surface area (Å²) in [5.41, 5.74) is 10.6. The molecule has 3 aromatic heterocycles. The number of ether oxygens (including phenoxy) is 1. The quantitative estimate of drug-likeness (QED) is 0.415. The molecule has 0 bridgehead atoms. The highest BCUT2D eigenvalue weighted by Gasteiger charge is 2.37. The number of likely N-dealkylation sites (tertiary alicyclic amines) is 1. The molecule has 2 N–H and O–H groups in total. The minimum Gasteiger partial charge on any atom is -0.444 e. The molecule has 1 aliphatic heterocycles. The SMILES string of the molecule is CN=CC(=CN)c1ccc(-c2ccc3ncc4c(c3c2)n(C2CN(C(=O)OC(C)(C)C)C2)c(=O)n4C)cn1. The van der Waals surface area contributed by atoms with Gasteiger partial charge in [-0.1, -0.05) is 12.1 Å². The normalized spacial score (nSPS) is 15.0. The summed E-state index contributed by atoms with van der Waals surface area (Å²) >= 11 is 0. The molecular formula is C28H31N7O3. The van der Waals surface area contributed by atoms with Gasteiger partial charge in [-0.3, -0.25) is 24.1 Å². The monoisotopic (exact) mass is 513 g/mol. The van der Waals surface area contributed by atoms with Crippen LogP contribution in [-0.2, 0) is 11.8 Å². The molecule has 1 fully saturated rings. The van der Waals surface area contributed by atoms with Crippen molar-refractivity contribution in [1.82, 2.24) is 24.0 Å². The molecule has 1 saturated heterocycles. The maximum atomic E-state index is 13.3. The van der Waals surface area contributed by atoms with Crippen molar-refractivity contribution in [3.05, 3.63) is 65.1 Å². The number of imidazole rings is 1. The van der Waals surface area contributed by atoms with Crippen molar-refractivity contribution in [3.8, 4) is 11.1 Å². The second-order valence-corrected chi connectivity index (χ2v) is 10.4. The number of carbonyl (C=O) groups is 1. The van der Waals surface area contributed by atoms with Crippen LogP contribution in [0, 0.1) is 0 Å². The van der Waals surface area contributed by atoms with Gasteiger partial charge in [0.25, 0.3) is 0 Å². The number of pyridine rings is 2. The van der Waals surface area contributed by atoms with Crippen LogP contribution in [0.15, 0.2) is 58.7 Å². The van der Waals surface area contributed by atoms with E-state index in [1.54, 1.807) is 46.7 Å². The summed E-state index contributed by atoms with van der Waals surface area (Å²) in [6.45, 7) is 6.32. The second-order valence-electron chi connectivity index (χ2n) is 10.4. The van der Waals surface area contributed by atoms with Gasteiger partial charge >= 0.3 is 11.8 Å². The van der Waals surface area contributed by atoms with Crippen LogP contribution in [0.25, 0.3) is 38.6 Å². The molecule has 0 unspecified atom stereocenters. The largest absolute Gasteiger partial charge is 0.444 e. The van der Waals surface area contributed by atoms with Gasteiger partial charge in [-0.25, -0.2) is 9.59 Å². The van der Waals surface area contributed by atoms with Crippen molar-refractivity contribution in [1.29, 1.82) is 0 Å². The van der Waals surface area contributed by atoms with Gasteiger partial charge in [0.1, 0.15) is 5.60 Å². The molecule has 10 nitrogen and oxygen atoms in total. The highest BCUT2D eigenvalue weighted by Crippen LogP contribution is 2.32. The van der Waals surface area contributed by atoms with Crippen molar-refractivity contribution >= 4 is 39.8 Å². The average molecular weight is 514 g/mol. The van der Waals surface area contributed by atoms with Gasteiger partial charge in [0, 0.05) is 62.3 Å². The number of rotatable bonds is 4. The van der Waals surface area contributed by atoms with Crippen LogP contribution >= 0.6 is 0 Å². The lowest BCUT2D eigenvalue weighted by atomic mass is 10.0. The number of nitrogens with zero attached hydrogens (tertiary/aromatic N) is 6. The number of fused-ring (bicyclic) bond motifs is 3. The summed E-state index contributed by atoms with van der Waals surface area (Å²) in [6, 6.07) is 9.70. The number of nitrogens with two attached hydrogens (primary N) is 1. The Bertz CT molecular complexity index is 1650. The Morgan fingerprint density at radius 1 is 1.13 bits per heavy atom. The maximum absolute atomic E-state index is 13.3. The number of hydrogen-bond acceptors (Lipinski definition) is 7. The van der Waals surface area contributed by atoms with E-state index in [4.69, 9.17) is 10.5 Å². The number of carbonyl (C=O) groups excluding carboxylic acids is 1. The molecule has 4 heterocycles.